The zero-order valence-corrected chi connectivity index (χ0v) is 17.2. The lowest BCUT2D eigenvalue weighted by Crippen LogP contribution is -2.47. The third-order valence-corrected chi connectivity index (χ3v) is 4.74. The molecule has 9 heteroatoms. The highest BCUT2D eigenvalue weighted by Crippen LogP contribution is 2.21. The van der Waals surface area contributed by atoms with E-state index < -0.39 is 27.9 Å². The standard InChI is InChI=1S/C21H21N3O5S/c1-14(29-19-11-10-15-6-3-4-7-16(15)13-19)20(25)22-23-21(26)17-8-5-9-18(12-17)24-30(2,27)28/h3-14,24H,1-2H3,(H,22,25)(H,23,26). The highest BCUT2D eigenvalue weighted by Gasteiger charge is 2.16. The number of hydrogen-bond acceptors (Lipinski definition) is 5. The van der Waals surface area contributed by atoms with Gasteiger partial charge in [-0.05, 0) is 48.0 Å². The average Bonchev–Trinajstić information content (AvgIpc) is 2.70. The fraction of sp³-hybridized carbons (Fsp3) is 0.143. The van der Waals surface area contributed by atoms with Gasteiger partial charge in [-0.1, -0.05) is 36.4 Å². The van der Waals surface area contributed by atoms with Crippen molar-refractivity contribution in [1.29, 1.82) is 0 Å². The van der Waals surface area contributed by atoms with Crippen LogP contribution >= 0.6 is 0 Å². The van der Waals surface area contributed by atoms with Crippen molar-refractivity contribution in [3.63, 3.8) is 0 Å². The lowest BCUT2D eigenvalue weighted by molar-refractivity contribution is -0.128. The molecule has 0 aromatic heterocycles. The van der Waals surface area contributed by atoms with Gasteiger partial charge >= 0.3 is 0 Å². The van der Waals surface area contributed by atoms with Crippen LogP contribution in [0.4, 0.5) is 5.69 Å². The molecule has 3 aromatic carbocycles. The lowest BCUT2D eigenvalue weighted by atomic mass is 10.1. The van der Waals surface area contributed by atoms with Gasteiger partial charge in [-0.2, -0.15) is 0 Å². The summed E-state index contributed by atoms with van der Waals surface area (Å²) in [7, 11) is -3.47. The zero-order chi connectivity index (χ0) is 21.7. The van der Waals surface area contributed by atoms with Gasteiger partial charge < -0.3 is 4.74 Å². The van der Waals surface area contributed by atoms with Crippen molar-refractivity contribution in [1.82, 2.24) is 10.9 Å². The Labute approximate surface area is 174 Å². The number of carbonyl (C=O) groups excluding carboxylic acids is 2. The van der Waals surface area contributed by atoms with Gasteiger partial charge in [-0.15, -0.1) is 0 Å². The number of ether oxygens (including phenoxy) is 1. The van der Waals surface area contributed by atoms with E-state index in [9.17, 15) is 18.0 Å². The van der Waals surface area contributed by atoms with E-state index in [-0.39, 0.29) is 11.3 Å². The van der Waals surface area contributed by atoms with Gasteiger partial charge in [0.05, 0.1) is 6.26 Å². The Balaban J connectivity index is 1.57. The second-order valence-corrected chi connectivity index (χ2v) is 8.42. The van der Waals surface area contributed by atoms with Crippen LogP contribution in [0.1, 0.15) is 17.3 Å². The molecule has 3 rings (SSSR count). The number of nitrogens with one attached hydrogen (secondary N) is 3. The van der Waals surface area contributed by atoms with Crippen molar-refractivity contribution < 1.29 is 22.7 Å². The number of rotatable bonds is 6. The highest BCUT2D eigenvalue weighted by atomic mass is 32.2. The summed E-state index contributed by atoms with van der Waals surface area (Å²) < 4.78 is 30.6. The van der Waals surface area contributed by atoms with E-state index in [1.165, 1.54) is 24.3 Å². The first kappa shape index (κ1) is 21.1. The minimum Gasteiger partial charge on any atom is -0.481 e. The Kier molecular flexibility index (Phi) is 6.22. The molecule has 1 atom stereocenters. The molecule has 0 aliphatic carbocycles. The smallest absolute Gasteiger partial charge is 0.279 e. The molecule has 2 amide bonds. The SMILES string of the molecule is CC(Oc1ccc2ccccc2c1)C(=O)NNC(=O)c1cccc(NS(C)(=O)=O)c1. The molecule has 8 nitrogen and oxygen atoms in total. The first-order chi connectivity index (χ1) is 14.2. The van der Waals surface area contributed by atoms with Gasteiger partial charge in [0, 0.05) is 11.3 Å². The van der Waals surface area contributed by atoms with Crippen molar-refractivity contribution in [2.45, 2.75) is 13.0 Å². The number of fused-ring (bicyclic) bond motifs is 1. The Bertz CT molecular complexity index is 1190. The number of hydrazine groups is 1. The summed E-state index contributed by atoms with van der Waals surface area (Å²) in [5, 5.41) is 2.04. The molecule has 0 aliphatic rings. The van der Waals surface area contributed by atoms with Crippen molar-refractivity contribution in [3.05, 3.63) is 72.3 Å². The molecule has 0 fully saturated rings. The number of amides is 2. The molecule has 0 saturated heterocycles. The van der Waals surface area contributed by atoms with Gasteiger partial charge in [0.25, 0.3) is 11.8 Å². The van der Waals surface area contributed by atoms with Gasteiger partial charge in [0.1, 0.15) is 5.75 Å². The van der Waals surface area contributed by atoms with Crippen LogP contribution in [0, 0.1) is 0 Å². The molecule has 30 heavy (non-hydrogen) atoms. The van der Waals surface area contributed by atoms with Crippen LogP contribution in [0.5, 0.6) is 5.75 Å². The molecule has 0 spiro atoms. The highest BCUT2D eigenvalue weighted by molar-refractivity contribution is 7.92. The number of hydrogen-bond donors (Lipinski definition) is 3. The Hall–Kier alpha value is -3.59. The van der Waals surface area contributed by atoms with Gasteiger partial charge in [0.2, 0.25) is 10.0 Å². The quantitative estimate of drug-likeness (QED) is 0.523. The van der Waals surface area contributed by atoms with Crippen LogP contribution in [-0.2, 0) is 14.8 Å². The summed E-state index contributed by atoms with van der Waals surface area (Å²) >= 11 is 0. The van der Waals surface area contributed by atoms with Crippen molar-refractivity contribution in [2.24, 2.45) is 0 Å². The first-order valence-corrected chi connectivity index (χ1v) is 10.9. The predicted octanol–water partition coefficient (Wildman–Crippen LogP) is 2.44. The number of benzene rings is 3. The summed E-state index contributed by atoms with van der Waals surface area (Å²) in [6.45, 7) is 1.56. The number of anilines is 1. The maximum absolute atomic E-state index is 12.3. The summed E-state index contributed by atoms with van der Waals surface area (Å²) in [6.07, 6.45) is 0.154. The second kappa shape index (κ2) is 8.83. The predicted molar refractivity (Wildman–Crippen MR) is 115 cm³/mol. The van der Waals surface area contributed by atoms with Crippen molar-refractivity contribution >= 4 is 38.3 Å². The molecule has 156 valence electrons. The van der Waals surface area contributed by atoms with Crippen molar-refractivity contribution in [3.8, 4) is 5.75 Å². The summed E-state index contributed by atoms with van der Waals surface area (Å²) in [5.41, 5.74) is 5.01. The zero-order valence-electron chi connectivity index (χ0n) is 16.4. The van der Waals surface area contributed by atoms with E-state index in [1.807, 2.05) is 36.4 Å². The minimum atomic E-state index is -3.47. The molecule has 0 aliphatic heterocycles. The van der Waals surface area contributed by atoms with Crippen LogP contribution in [0.3, 0.4) is 0 Å². The molecule has 3 N–H and O–H groups in total. The lowest BCUT2D eigenvalue weighted by Gasteiger charge is -2.15. The summed E-state index contributed by atoms with van der Waals surface area (Å²) in [5.74, 6) is -0.609. The number of carbonyl (C=O) groups is 2. The maximum Gasteiger partial charge on any atom is 0.279 e. The molecular weight excluding hydrogens is 406 g/mol. The molecule has 0 saturated carbocycles. The fourth-order valence-electron chi connectivity index (χ4n) is 2.73. The third kappa shape index (κ3) is 5.71. The monoisotopic (exact) mass is 427 g/mol. The van der Waals surface area contributed by atoms with Gasteiger partial charge in [0.15, 0.2) is 6.10 Å². The van der Waals surface area contributed by atoms with E-state index in [0.717, 1.165) is 17.0 Å². The largest absolute Gasteiger partial charge is 0.481 e. The van der Waals surface area contributed by atoms with E-state index in [4.69, 9.17) is 4.74 Å². The Morgan fingerprint density at radius 2 is 1.63 bits per heavy atom. The van der Waals surface area contributed by atoms with E-state index in [1.54, 1.807) is 13.0 Å². The second-order valence-electron chi connectivity index (χ2n) is 6.67. The van der Waals surface area contributed by atoms with Crippen LogP contribution in [0.2, 0.25) is 0 Å². The molecule has 0 radical (unpaired) electrons. The number of sulfonamides is 1. The first-order valence-electron chi connectivity index (χ1n) is 9.05. The summed E-state index contributed by atoms with van der Waals surface area (Å²) in [6, 6.07) is 19.2. The normalized spacial score (nSPS) is 12.1. The average molecular weight is 427 g/mol. The van der Waals surface area contributed by atoms with Crippen molar-refractivity contribution in [2.75, 3.05) is 11.0 Å². The van der Waals surface area contributed by atoms with Crippen LogP contribution in [-0.4, -0.2) is 32.6 Å². The van der Waals surface area contributed by atoms with Gasteiger partial charge in [-0.3, -0.25) is 25.2 Å². The molecule has 0 heterocycles. The van der Waals surface area contributed by atoms with E-state index in [2.05, 4.69) is 15.6 Å². The topological polar surface area (TPSA) is 114 Å². The molecule has 1 unspecified atom stereocenters. The molecule has 3 aromatic rings. The van der Waals surface area contributed by atoms with Crippen LogP contribution in [0.25, 0.3) is 10.8 Å². The summed E-state index contributed by atoms with van der Waals surface area (Å²) in [4.78, 5) is 24.5. The Morgan fingerprint density at radius 3 is 2.37 bits per heavy atom. The third-order valence-electron chi connectivity index (χ3n) is 4.13. The fourth-order valence-corrected chi connectivity index (χ4v) is 3.28. The molecular formula is C21H21N3O5S. The van der Waals surface area contributed by atoms with E-state index >= 15 is 0 Å². The Morgan fingerprint density at radius 1 is 0.900 bits per heavy atom. The van der Waals surface area contributed by atoms with Crippen LogP contribution in [0.15, 0.2) is 66.7 Å². The minimum absolute atomic E-state index is 0.173. The van der Waals surface area contributed by atoms with Gasteiger partial charge in [-0.25, -0.2) is 8.42 Å². The van der Waals surface area contributed by atoms with E-state index in [0.29, 0.717) is 5.75 Å². The maximum atomic E-state index is 12.3. The van der Waals surface area contributed by atoms with Crippen LogP contribution < -0.4 is 20.3 Å². The molecule has 0 bridgehead atoms.